The normalized spacial score (nSPS) is 16.0. The van der Waals surface area contributed by atoms with Crippen molar-refractivity contribution < 1.29 is 9.59 Å². The Hall–Kier alpha value is -1.88. The number of benzene rings is 1. The van der Waals surface area contributed by atoms with E-state index in [-0.39, 0.29) is 17.2 Å². The van der Waals surface area contributed by atoms with Gasteiger partial charge in [0, 0.05) is 31.8 Å². The lowest BCUT2D eigenvalue weighted by molar-refractivity contribution is -0.119. The first-order valence-corrected chi connectivity index (χ1v) is 7.27. The fraction of sp³-hybridized carbons (Fsp3) is 0.500. The molecule has 0 aliphatic heterocycles. The standard InChI is InChI=1S/C16H23N3O2/c1-19(2)15(21)12-4-6-13(7-5-12)18-14(20)10-16(11-17)8-3-9-16/h4-7H,3,8-11,17H2,1-2H3,(H,18,20). The monoisotopic (exact) mass is 289 g/mol. The zero-order valence-electron chi connectivity index (χ0n) is 12.7. The first-order chi connectivity index (χ1) is 9.96. The average Bonchev–Trinajstić information content (AvgIpc) is 2.43. The molecule has 5 nitrogen and oxygen atoms in total. The second-order valence-corrected chi connectivity index (χ2v) is 6.06. The van der Waals surface area contributed by atoms with Gasteiger partial charge in [0.25, 0.3) is 5.91 Å². The molecule has 114 valence electrons. The molecule has 21 heavy (non-hydrogen) atoms. The molecule has 1 aromatic rings. The zero-order valence-corrected chi connectivity index (χ0v) is 12.7. The van der Waals surface area contributed by atoms with Crippen LogP contribution >= 0.6 is 0 Å². The van der Waals surface area contributed by atoms with Gasteiger partial charge in [0.15, 0.2) is 0 Å². The SMILES string of the molecule is CN(C)C(=O)c1ccc(NC(=O)CC2(CN)CCC2)cc1. The van der Waals surface area contributed by atoms with Crippen LogP contribution < -0.4 is 11.1 Å². The lowest BCUT2D eigenvalue weighted by Crippen LogP contribution is -2.40. The highest BCUT2D eigenvalue weighted by Gasteiger charge is 2.37. The van der Waals surface area contributed by atoms with E-state index >= 15 is 0 Å². The summed E-state index contributed by atoms with van der Waals surface area (Å²) in [6, 6.07) is 6.95. The van der Waals surface area contributed by atoms with Crippen LogP contribution in [0.3, 0.4) is 0 Å². The number of hydrogen-bond acceptors (Lipinski definition) is 3. The van der Waals surface area contributed by atoms with Gasteiger partial charge in [-0.1, -0.05) is 6.42 Å². The molecule has 0 spiro atoms. The number of carbonyl (C=O) groups is 2. The third-order valence-electron chi connectivity index (χ3n) is 4.20. The number of nitrogens with one attached hydrogen (secondary N) is 1. The fourth-order valence-corrected chi connectivity index (χ4v) is 2.63. The Morgan fingerprint density at radius 1 is 1.24 bits per heavy atom. The Kier molecular flexibility index (Phi) is 4.63. The number of anilines is 1. The summed E-state index contributed by atoms with van der Waals surface area (Å²) in [6.07, 6.45) is 3.70. The van der Waals surface area contributed by atoms with Crippen LogP contribution in [0.1, 0.15) is 36.0 Å². The molecule has 0 heterocycles. The van der Waals surface area contributed by atoms with Gasteiger partial charge in [-0.2, -0.15) is 0 Å². The molecule has 1 fully saturated rings. The van der Waals surface area contributed by atoms with Crippen molar-refractivity contribution in [3.63, 3.8) is 0 Å². The molecule has 2 rings (SSSR count). The van der Waals surface area contributed by atoms with Crippen LogP contribution in [0.25, 0.3) is 0 Å². The van der Waals surface area contributed by atoms with Gasteiger partial charge in [-0.15, -0.1) is 0 Å². The van der Waals surface area contributed by atoms with Crippen LogP contribution in [0, 0.1) is 5.41 Å². The molecule has 3 N–H and O–H groups in total. The van der Waals surface area contributed by atoms with Gasteiger partial charge in [0.2, 0.25) is 5.91 Å². The third kappa shape index (κ3) is 3.61. The van der Waals surface area contributed by atoms with E-state index in [1.54, 1.807) is 38.4 Å². The number of nitrogens with zero attached hydrogens (tertiary/aromatic N) is 1. The van der Waals surface area contributed by atoms with E-state index in [9.17, 15) is 9.59 Å². The second-order valence-electron chi connectivity index (χ2n) is 6.06. The lowest BCUT2D eigenvalue weighted by Gasteiger charge is -2.40. The van der Waals surface area contributed by atoms with Gasteiger partial charge < -0.3 is 16.0 Å². The summed E-state index contributed by atoms with van der Waals surface area (Å²) >= 11 is 0. The highest BCUT2D eigenvalue weighted by Crippen LogP contribution is 2.43. The van der Waals surface area contributed by atoms with Gasteiger partial charge in [-0.05, 0) is 49.1 Å². The van der Waals surface area contributed by atoms with E-state index in [0.717, 1.165) is 19.3 Å². The van der Waals surface area contributed by atoms with Crippen molar-refractivity contribution in [1.82, 2.24) is 4.90 Å². The first-order valence-electron chi connectivity index (χ1n) is 7.27. The van der Waals surface area contributed by atoms with Crippen molar-refractivity contribution in [3.05, 3.63) is 29.8 Å². The average molecular weight is 289 g/mol. The summed E-state index contributed by atoms with van der Waals surface area (Å²) < 4.78 is 0. The second kappa shape index (κ2) is 6.26. The van der Waals surface area contributed by atoms with Crippen LogP contribution in [0.4, 0.5) is 5.69 Å². The van der Waals surface area contributed by atoms with Gasteiger partial charge in [-0.3, -0.25) is 9.59 Å². The van der Waals surface area contributed by atoms with E-state index in [1.807, 2.05) is 0 Å². The molecule has 1 saturated carbocycles. The van der Waals surface area contributed by atoms with Crippen molar-refractivity contribution in [2.24, 2.45) is 11.1 Å². The molecule has 0 unspecified atom stereocenters. The van der Waals surface area contributed by atoms with Gasteiger partial charge in [0.05, 0.1) is 0 Å². The molecule has 0 saturated heterocycles. The van der Waals surface area contributed by atoms with Crippen LogP contribution in [-0.2, 0) is 4.79 Å². The van der Waals surface area contributed by atoms with E-state index in [1.165, 1.54) is 4.90 Å². The summed E-state index contributed by atoms with van der Waals surface area (Å²) in [5.74, 6) is -0.0590. The summed E-state index contributed by atoms with van der Waals surface area (Å²) in [5, 5.41) is 2.88. The Labute approximate surface area is 125 Å². The highest BCUT2D eigenvalue weighted by molar-refractivity contribution is 5.95. The van der Waals surface area contributed by atoms with Gasteiger partial charge >= 0.3 is 0 Å². The van der Waals surface area contributed by atoms with E-state index in [0.29, 0.717) is 24.2 Å². The minimum Gasteiger partial charge on any atom is -0.345 e. The lowest BCUT2D eigenvalue weighted by atomic mass is 9.66. The molecule has 1 aromatic carbocycles. The van der Waals surface area contributed by atoms with Crippen molar-refractivity contribution in [2.45, 2.75) is 25.7 Å². The molecular weight excluding hydrogens is 266 g/mol. The number of rotatable bonds is 5. The quantitative estimate of drug-likeness (QED) is 0.868. The molecule has 1 aliphatic carbocycles. The minimum atomic E-state index is -0.0515. The molecule has 1 aliphatic rings. The molecule has 0 bridgehead atoms. The van der Waals surface area contributed by atoms with Gasteiger partial charge in [-0.25, -0.2) is 0 Å². The van der Waals surface area contributed by atoms with Crippen molar-refractivity contribution in [1.29, 1.82) is 0 Å². The number of nitrogens with two attached hydrogens (primary N) is 1. The fourth-order valence-electron chi connectivity index (χ4n) is 2.63. The van der Waals surface area contributed by atoms with Crippen molar-refractivity contribution in [3.8, 4) is 0 Å². The van der Waals surface area contributed by atoms with Crippen molar-refractivity contribution >= 4 is 17.5 Å². The highest BCUT2D eigenvalue weighted by atomic mass is 16.2. The molecule has 0 radical (unpaired) electrons. The predicted molar refractivity (Wildman–Crippen MR) is 83.0 cm³/mol. The van der Waals surface area contributed by atoms with Crippen LogP contribution in [0.5, 0.6) is 0 Å². The maximum atomic E-state index is 12.1. The summed E-state index contributed by atoms with van der Waals surface area (Å²) in [6.45, 7) is 0.566. The Morgan fingerprint density at radius 3 is 2.29 bits per heavy atom. The molecule has 0 aromatic heterocycles. The van der Waals surface area contributed by atoms with E-state index in [4.69, 9.17) is 5.73 Å². The van der Waals surface area contributed by atoms with Crippen LogP contribution in [0.2, 0.25) is 0 Å². The van der Waals surface area contributed by atoms with Crippen LogP contribution in [-0.4, -0.2) is 37.4 Å². The summed E-state index contributed by atoms with van der Waals surface area (Å²) in [5.41, 5.74) is 7.09. The van der Waals surface area contributed by atoms with E-state index in [2.05, 4.69) is 5.32 Å². The van der Waals surface area contributed by atoms with Gasteiger partial charge in [0.1, 0.15) is 0 Å². The molecule has 5 heteroatoms. The predicted octanol–water partition coefficient (Wildman–Crippen LogP) is 1.85. The topological polar surface area (TPSA) is 75.4 Å². The maximum Gasteiger partial charge on any atom is 0.253 e. The first kappa shape index (κ1) is 15.5. The smallest absolute Gasteiger partial charge is 0.253 e. The molecular formula is C16H23N3O2. The summed E-state index contributed by atoms with van der Waals surface area (Å²) in [4.78, 5) is 25.4. The van der Waals surface area contributed by atoms with E-state index < -0.39 is 0 Å². The summed E-state index contributed by atoms with van der Waals surface area (Å²) in [7, 11) is 3.42. The number of carbonyl (C=O) groups excluding carboxylic acids is 2. The number of amides is 2. The minimum absolute atomic E-state index is 0.00487. The maximum absolute atomic E-state index is 12.1. The Balaban J connectivity index is 1.94. The Bertz CT molecular complexity index is 513. The Morgan fingerprint density at radius 2 is 1.86 bits per heavy atom. The van der Waals surface area contributed by atoms with Crippen molar-refractivity contribution in [2.75, 3.05) is 26.0 Å². The molecule has 0 atom stereocenters. The largest absolute Gasteiger partial charge is 0.345 e. The zero-order chi connectivity index (χ0) is 15.5. The third-order valence-corrected chi connectivity index (χ3v) is 4.20. The number of hydrogen-bond donors (Lipinski definition) is 2. The van der Waals surface area contributed by atoms with Crippen LogP contribution in [0.15, 0.2) is 24.3 Å². The molecule has 2 amide bonds.